The fourth-order valence-corrected chi connectivity index (χ4v) is 5.92. The second-order valence-electron chi connectivity index (χ2n) is 9.87. The van der Waals surface area contributed by atoms with Gasteiger partial charge in [-0.3, -0.25) is 13.9 Å². The Kier molecular flexibility index (Phi) is 11.2. The van der Waals surface area contributed by atoms with Gasteiger partial charge < -0.3 is 10.2 Å². The molecule has 0 bridgehead atoms. The quantitative estimate of drug-likeness (QED) is 0.283. The van der Waals surface area contributed by atoms with Crippen LogP contribution in [0.25, 0.3) is 0 Å². The van der Waals surface area contributed by atoms with Gasteiger partial charge in [0.25, 0.3) is 10.0 Å². The standard InChI is InChI=1S/C31H38ClN3O4S/c1-5-24(4)33-31(37)29(6-2)34(20-19-25-11-8-7-9-12-25)30(36)22-35(27-14-10-13-26(32)21-27)40(38,39)28-17-15-23(3)16-18-28/h7-18,21,24,29H,5-6,19-20,22H2,1-4H3,(H,33,37)/t24-,29-/m1/s1. The highest BCUT2D eigenvalue weighted by Gasteiger charge is 2.33. The minimum Gasteiger partial charge on any atom is -0.352 e. The Morgan fingerprint density at radius 1 is 0.925 bits per heavy atom. The summed E-state index contributed by atoms with van der Waals surface area (Å²) in [6.07, 6.45) is 1.64. The van der Waals surface area contributed by atoms with Crippen molar-refractivity contribution in [2.45, 2.75) is 63.9 Å². The number of rotatable bonds is 13. The topological polar surface area (TPSA) is 86.8 Å². The van der Waals surface area contributed by atoms with E-state index < -0.39 is 28.5 Å². The summed E-state index contributed by atoms with van der Waals surface area (Å²) < 4.78 is 28.8. The zero-order chi connectivity index (χ0) is 29.3. The van der Waals surface area contributed by atoms with E-state index in [4.69, 9.17) is 11.6 Å². The molecule has 0 unspecified atom stereocenters. The van der Waals surface area contributed by atoms with Crippen LogP contribution in [0.5, 0.6) is 0 Å². The van der Waals surface area contributed by atoms with Crippen LogP contribution < -0.4 is 9.62 Å². The van der Waals surface area contributed by atoms with Gasteiger partial charge in [-0.15, -0.1) is 0 Å². The van der Waals surface area contributed by atoms with Crippen molar-refractivity contribution in [2.24, 2.45) is 0 Å². The molecule has 3 aromatic carbocycles. The second kappa shape index (κ2) is 14.3. The zero-order valence-electron chi connectivity index (χ0n) is 23.5. The van der Waals surface area contributed by atoms with Gasteiger partial charge in [0.1, 0.15) is 12.6 Å². The van der Waals surface area contributed by atoms with Crippen LogP contribution in [0.4, 0.5) is 5.69 Å². The highest BCUT2D eigenvalue weighted by molar-refractivity contribution is 7.92. The van der Waals surface area contributed by atoms with Crippen molar-refractivity contribution in [2.75, 3.05) is 17.4 Å². The van der Waals surface area contributed by atoms with Crippen molar-refractivity contribution in [3.63, 3.8) is 0 Å². The molecule has 0 saturated carbocycles. The van der Waals surface area contributed by atoms with Crippen LogP contribution in [-0.2, 0) is 26.0 Å². The molecule has 214 valence electrons. The maximum atomic E-state index is 14.0. The highest BCUT2D eigenvalue weighted by atomic mass is 35.5. The first-order valence-electron chi connectivity index (χ1n) is 13.6. The normalized spacial score (nSPS) is 12.8. The maximum Gasteiger partial charge on any atom is 0.264 e. The van der Waals surface area contributed by atoms with Crippen molar-refractivity contribution in [1.29, 1.82) is 0 Å². The van der Waals surface area contributed by atoms with E-state index in [0.29, 0.717) is 17.9 Å². The monoisotopic (exact) mass is 583 g/mol. The SMILES string of the molecule is CC[C@@H](C)NC(=O)[C@@H](CC)N(CCc1ccccc1)C(=O)CN(c1cccc(Cl)c1)S(=O)(=O)c1ccc(C)cc1. The summed E-state index contributed by atoms with van der Waals surface area (Å²) in [5.41, 5.74) is 2.19. The lowest BCUT2D eigenvalue weighted by Crippen LogP contribution is -2.54. The summed E-state index contributed by atoms with van der Waals surface area (Å²) >= 11 is 6.23. The molecule has 0 radical (unpaired) electrons. The van der Waals surface area contributed by atoms with Gasteiger partial charge in [-0.1, -0.05) is 79.5 Å². The predicted molar refractivity (Wildman–Crippen MR) is 161 cm³/mol. The van der Waals surface area contributed by atoms with Crippen LogP contribution in [0.15, 0.2) is 83.8 Å². The van der Waals surface area contributed by atoms with E-state index in [1.54, 1.807) is 30.3 Å². The molecule has 2 atom stereocenters. The van der Waals surface area contributed by atoms with Crippen molar-refractivity contribution in [1.82, 2.24) is 10.2 Å². The molecule has 0 aliphatic carbocycles. The third kappa shape index (κ3) is 8.08. The van der Waals surface area contributed by atoms with Crippen molar-refractivity contribution in [3.05, 3.63) is 95.0 Å². The predicted octanol–water partition coefficient (Wildman–Crippen LogP) is 5.61. The molecule has 0 heterocycles. The second-order valence-corrected chi connectivity index (χ2v) is 12.2. The van der Waals surface area contributed by atoms with Gasteiger partial charge in [-0.25, -0.2) is 8.42 Å². The number of anilines is 1. The molecule has 9 heteroatoms. The molecule has 40 heavy (non-hydrogen) atoms. The third-order valence-corrected chi connectivity index (χ3v) is 8.88. The van der Waals surface area contributed by atoms with E-state index in [2.05, 4.69) is 5.32 Å². The van der Waals surface area contributed by atoms with E-state index in [0.717, 1.165) is 21.9 Å². The third-order valence-electron chi connectivity index (χ3n) is 6.86. The average Bonchev–Trinajstić information content (AvgIpc) is 2.94. The Morgan fingerprint density at radius 2 is 1.60 bits per heavy atom. The first-order chi connectivity index (χ1) is 19.1. The lowest BCUT2D eigenvalue weighted by Gasteiger charge is -2.33. The number of carbonyl (C=O) groups is 2. The van der Waals surface area contributed by atoms with Crippen LogP contribution in [0, 0.1) is 6.92 Å². The largest absolute Gasteiger partial charge is 0.352 e. The Labute approximate surface area is 243 Å². The molecule has 0 aromatic heterocycles. The first-order valence-corrected chi connectivity index (χ1v) is 15.4. The molecule has 0 spiro atoms. The minimum atomic E-state index is -4.13. The van der Waals surface area contributed by atoms with Gasteiger partial charge >= 0.3 is 0 Å². The van der Waals surface area contributed by atoms with E-state index in [-0.39, 0.29) is 29.1 Å². The molecule has 0 aliphatic rings. The fraction of sp³-hybridized carbons (Fsp3) is 0.355. The van der Waals surface area contributed by atoms with Gasteiger partial charge in [0, 0.05) is 17.6 Å². The number of hydrogen-bond acceptors (Lipinski definition) is 4. The van der Waals surface area contributed by atoms with Crippen LogP contribution in [0.2, 0.25) is 5.02 Å². The number of benzene rings is 3. The number of carbonyl (C=O) groups excluding carboxylic acids is 2. The fourth-order valence-electron chi connectivity index (χ4n) is 4.33. The van der Waals surface area contributed by atoms with Crippen molar-refractivity contribution < 1.29 is 18.0 Å². The molecule has 2 amide bonds. The van der Waals surface area contributed by atoms with Crippen LogP contribution in [0.3, 0.4) is 0 Å². The van der Waals surface area contributed by atoms with Gasteiger partial charge in [0.2, 0.25) is 11.8 Å². The van der Waals surface area contributed by atoms with E-state index in [1.165, 1.54) is 23.1 Å². The summed E-state index contributed by atoms with van der Waals surface area (Å²) in [5, 5.41) is 3.33. The highest BCUT2D eigenvalue weighted by Crippen LogP contribution is 2.27. The Hall–Kier alpha value is -3.36. The molecule has 1 N–H and O–H groups in total. The number of nitrogens with one attached hydrogen (secondary N) is 1. The molecule has 3 aromatic rings. The van der Waals surface area contributed by atoms with E-state index in [9.17, 15) is 18.0 Å². The smallest absolute Gasteiger partial charge is 0.264 e. The summed E-state index contributed by atoms with van der Waals surface area (Å²) in [6, 6.07) is 21.7. The average molecular weight is 584 g/mol. The van der Waals surface area contributed by atoms with Gasteiger partial charge in [0.15, 0.2) is 0 Å². The number of hydrogen-bond donors (Lipinski definition) is 1. The molecule has 7 nitrogen and oxygen atoms in total. The van der Waals surface area contributed by atoms with Crippen molar-refractivity contribution >= 4 is 39.1 Å². The number of aryl methyl sites for hydroxylation is 1. The van der Waals surface area contributed by atoms with Crippen LogP contribution in [0.1, 0.15) is 44.7 Å². The first kappa shape index (κ1) is 31.2. The molecule has 3 rings (SSSR count). The lowest BCUT2D eigenvalue weighted by molar-refractivity contribution is -0.139. The van der Waals surface area contributed by atoms with Crippen molar-refractivity contribution in [3.8, 4) is 0 Å². The summed E-state index contributed by atoms with van der Waals surface area (Å²) in [4.78, 5) is 28.9. The minimum absolute atomic E-state index is 0.0579. The number of halogens is 1. The summed E-state index contributed by atoms with van der Waals surface area (Å²) in [7, 11) is -4.13. The molecular weight excluding hydrogens is 546 g/mol. The Balaban J connectivity index is 2.01. The van der Waals surface area contributed by atoms with Gasteiger partial charge in [-0.2, -0.15) is 0 Å². The number of amides is 2. The summed E-state index contributed by atoms with van der Waals surface area (Å²) in [5.74, 6) is -0.730. The Morgan fingerprint density at radius 3 is 2.20 bits per heavy atom. The zero-order valence-corrected chi connectivity index (χ0v) is 25.1. The molecule has 0 aliphatic heterocycles. The Bertz CT molecular complexity index is 1380. The molecule has 0 fully saturated rings. The number of nitrogens with zero attached hydrogens (tertiary/aromatic N) is 2. The van der Waals surface area contributed by atoms with E-state index >= 15 is 0 Å². The molecular formula is C31H38ClN3O4S. The van der Waals surface area contributed by atoms with Crippen LogP contribution >= 0.6 is 11.6 Å². The number of sulfonamides is 1. The summed E-state index contributed by atoms with van der Waals surface area (Å²) in [6.45, 7) is 7.37. The van der Waals surface area contributed by atoms with Gasteiger partial charge in [0.05, 0.1) is 10.6 Å². The van der Waals surface area contributed by atoms with Gasteiger partial charge in [-0.05, 0) is 69.0 Å². The lowest BCUT2D eigenvalue weighted by atomic mass is 10.1. The van der Waals surface area contributed by atoms with E-state index in [1.807, 2.05) is 58.0 Å². The maximum absolute atomic E-state index is 14.0. The molecule has 0 saturated heterocycles. The van der Waals surface area contributed by atoms with Crippen LogP contribution in [-0.4, -0.2) is 50.3 Å².